The number of rotatable bonds is 4. The molecule has 2 saturated heterocycles. The molecule has 2 aliphatic heterocycles. The molecule has 1 unspecified atom stereocenters. The van der Waals surface area contributed by atoms with Gasteiger partial charge in [-0.1, -0.05) is 20.8 Å². The van der Waals surface area contributed by atoms with E-state index < -0.39 is 6.04 Å². The number of amides is 1. The first kappa shape index (κ1) is 29.4. The van der Waals surface area contributed by atoms with Gasteiger partial charge in [0.05, 0.1) is 18.8 Å². The number of nitrogens with two attached hydrogens (primary N) is 1. The van der Waals surface area contributed by atoms with Crippen LogP contribution in [0.4, 0.5) is 0 Å². The highest BCUT2D eigenvalue weighted by molar-refractivity contribution is 5.86. The number of ether oxygens (including phenoxy) is 1. The van der Waals surface area contributed by atoms with Crippen LogP contribution in [0.1, 0.15) is 34.6 Å². The molecule has 0 spiro atoms. The average Bonchev–Trinajstić information content (AvgIpc) is 2.53. The van der Waals surface area contributed by atoms with Crippen molar-refractivity contribution in [1.29, 1.82) is 0 Å². The van der Waals surface area contributed by atoms with Gasteiger partial charge < -0.3 is 15.4 Å². The fourth-order valence-electron chi connectivity index (χ4n) is 3.33. The Hall–Kier alpha value is 0.180. The van der Waals surface area contributed by atoms with Crippen molar-refractivity contribution < 1.29 is 9.53 Å². The van der Waals surface area contributed by atoms with Crippen LogP contribution in [0.3, 0.4) is 0 Å². The zero-order valence-electron chi connectivity index (χ0n) is 17.3. The number of morpholine rings is 1. The van der Waals surface area contributed by atoms with Crippen molar-refractivity contribution in [2.75, 3.05) is 52.4 Å². The van der Waals surface area contributed by atoms with Crippen molar-refractivity contribution in [3.8, 4) is 0 Å². The van der Waals surface area contributed by atoms with Crippen molar-refractivity contribution in [3.05, 3.63) is 0 Å². The van der Waals surface area contributed by atoms with Gasteiger partial charge in [-0.25, -0.2) is 0 Å². The summed E-state index contributed by atoms with van der Waals surface area (Å²) in [5.74, 6) is 0.0852. The maximum atomic E-state index is 12.5. The van der Waals surface area contributed by atoms with E-state index >= 15 is 0 Å². The lowest BCUT2D eigenvalue weighted by Gasteiger charge is -2.41. The molecule has 2 heterocycles. The number of piperazine rings is 1. The Morgan fingerprint density at radius 1 is 1.07 bits per heavy atom. The highest BCUT2D eigenvalue weighted by atomic mass is 35.5. The molecular formula is C18H39Cl3N4O2. The van der Waals surface area contributed by atoms with Gasteiger partial charge in [0.1, 0.15) is 0 Å². The van der Waals surface area contributed by atoms with Gasteiger partial charge >= 0.3 is 0 Å². The highest BCUT2D eigenvalue weighted by Crippen LogP contribution is 2.20. The minimum atomic E-state index is -0.426. The van der Waals surface area contributed by atoms with Crippen LogP contribution in [-0.2, 0) is 9.53 Å². The molecule has 0 aromatic carbocycles. The number of halogens is 3. The molecule has 1 amide bonds. The quantitative estimate of drug-likeness (QED) is 0.710. The third-order valence-electron chi connectivity index (χ3n) is 5.25. The molecule has 2 rings (SSSR count). The molecular weight excluding hydrogens is 411 g/mol. The molecule has 2 fully saturated rings. The number of hydrogen-bond donors (Lipinski definition) is 1. The van der Waals surface area contributed by atoms with Gasteiger partial charge in [-0.3, -0.25) is 14.6 Å². The first-order chi connectivity index (χ1) is 11.2. The fourth-order valence-corrected chi connectivity index (χ4v) is 3.33. The maximum absolute atomic E-state index is 12.5. The molecule has 2 atom stereocenters. The first-order valence-electron chi connectivity index (χ1n) is 9.31. The third-order valence-corrected chi connectivity index (χ3v) is 5.25. The Morgan fingerprint density at radius 2 is 1.63 bits per heavy atom. The second-order valence-electron chi connectivity index (χ2n) is 8.55. The summed E-state index contributed by atoms with van der Waals surface area (Å²) in [5.41, 5.74) is 5.93. The maximum Gasteiger partial charge on any atom is 0.240 e. The summed E-state index contributed by atoms with van der Waals surface area (Å²) in [6, 6.07) is 0.148. The molecule has 0 aromatic heterocycles. The van der Waals surface area contributed by atoms with Crippen LogP contribution < -0.4 is 5.73 Å². The summed E-state index contributed by atoms with van der Waals surface area (Å²) in [7, 11) is 0. The molecule has 2 aliphatic rings. The van der Waals surface area contributed by atoms with Gasteiger partial charge in [0.25, 0.3) is 0 Å². The zero-order chi connectivity index (χ0) is 17.9. The molecule has 6 nitrogen and oxygen atoms in total. The second-order valence-corrected chi connectivity index (χ2v) is 8.55. The van der Waals surface area contributed by atoms with Gasteiger partial charge in [0.15, 0.2) is 0 Å². The normalized spacial score (nSPS) is 23.1. The Balaban J connectivity index is 0. The van der Waals surface area contributed by atoms with Gasteiger partial charge in [-0.05, 0) is 19.3 Å². The Bertz CT molecular complexity index is 427. The van der Waals surface area contributed by atoms with E-state index in [1.165, 1.54) is 0 Å². The Morgan fingerprint density at radius 3 is 2.11 bits per heavy atom. The van der Waals surface area contributed by atoms with E-state index in [-0.39, 0.29) is 54.6 Å². The Kier molecular flexibility index (Phi) is 13.8. The molecule has 164 valence electrons. The summed E-state index contributed by atoms with van der Waals surface area (Å²) in [6.45, 7) is 17.7. The SMILES string of the molecule is CC(C)N1CCOC(CN2CCN(C(=O)[C@@H](N)C(C)(C)C)CC2)C1.Cl.Cl.Cl. The molecule has 0 aliphatic carbocycles. The van der Waals surface area contributed by atoms with Crippen LogP contribution >= 0.6 is 37.2 Å². The third kappa shape index (κ3) is 8.60. The number of carbonyl (C=O) groups is 1. The van der Waals surface area contributed by atoms with Crippen LogP contribution in [0.5, 0.6) is 0 Å². The lowest BCUT2D eigenvalue weighted by molar-refractivity contribution is -0.137. The standard InChI is InChI=1S/C18H36N4O2.3ClH/c1-14(2)22-10-11-24-15(13-22)12-20-6-8-21(9-7-20)17(23)16(19)18(3,4)5;;;/h14-16H,6-13,19H2,1-5H3;3*1H/t15?,16-;;;/m1.../s1. The average molecular weight is 450 g/mol. The van der Waals surface area contributed by atoms with E-state index in [4.69, 9.17) is 10.5 Å². The van der Waals surface area contributed by atoms with E-state index in [2.05, 4.69) is 23.6 Å². The molecule has 0 saturated carbocycles. The fraction of sp³-hybridized carbons (Fsp3) is 0.944. The summed E-state index contributed by atoms with van der Waals surface area (Å²) < 4.78 is 5.93. The summed E-state index contributed by atoms with van der Waals surface area (Å²) >= 11 is 0. The van der Waals surface area contributed by atoms with E-state index in [9.17, 15) is 4.79 Å². The topological polar surface area (TPSA) is 62.0 Å². The van der Waals surface area contributed by atoms with E-state index in [1.54, 1.807) is 0 Å². The number of carbonyl (C=O) groups excluding carboxylic acids is 1. The molecule has 0 bridgehead atoms. The Labute approximate surface area is 183 Å². The van der Waals surface area contributed by atoms with Gasteiger partial charge in [-0.15, -0.1) is 37.2 Å². The molecule has 2 N–H and O–H groups in total. The predicted molar refractivity (Wildman–Crippen MR) is 119 cm³/mol. The predicted octanol–water partition coefficient (Wildman–Crippen LogP) is 1.88. The molecule has 0 radical (unpaired) electrons. The lowest BCUT2D eigenvalue weighted by atomic mass is 9.86. The van der Waals surface area contributed by atoms with Crippen LogP contribution in [0, 0.1) is 5.41 Å². The van der Waals surface area contributed by atoms with Crippen LogP contribution in [-0.4, -0.2) is 91.2 Å². The van der Waals surface area contributed by atoms with Crippen molar-refractivity contribution in [3.63, 3.8) is 0 Å². The van der Waals surface area contributed by atoms with Crippen molar-refractivity contribution in [1.82, 2.24) is 14.7 Å². The molecule has 9 heteroatoms. The molecule has 27 heavy (non-hydrogen) atoms. The monoisotopic (exact) mass is 448 g/mol. The van der Waals surface area contributed by atoms with Gasteiger partial charge in [0.2, 0.25) is 5.91 Å². The van der Waals surface area contributed by atoms with Gasteiger partial charge in [-0.2, -0.15) is 0 Å². The van der Waals surface area contributed by atoms with Crippen LogP contribution in [0.15, 0.2) is 0 Å². The van der Waals surface area contributed by atoms with Crippen LogP contribution in [0.2, 0.25) is 0 Å². The largest absolute Gasteiger partial charge is 0.374 e. The minimum absolute atomic E-state index is 0. The van der Waals surface area contributed by atoms with E-state index in [1.807, 2.05) is 25.7 Å². The summed E-state index contributed by atoms with van der Waals surface area (Å²) in [4.78, 5) is 19.3. The minimum Gasteiger partial charge on any atom is -0.374 e. The van der Waals surface area contributed by atoms with E-state index in [0.29, 0.717) is 6.04 Å². The highest BCUT2D eigenvalue weighted by Gasteiger charge is 2.33. The van der Waals surface area contributed by atoms with E-state index in [0.717, 1.165) is 52.4 Å². The zero-order valence-corrected chi connectivity index (χ0v) is 19.8. The lowest BCUT2D eigenvalue weighted by Crippen LogP contribution is -2.57. The summed E-state index contributed by atoms with van der Waals surface area (Å²) in [5, 5.41) is 0. The first-order valence-corrected chi connectivity index (χ1v) is 9.31. The van der Waals surface area contributed by atoms with Crippen LogP contribution in [0.25, 0.3) is 0 Å². The van der Waals surface area contributed by atoms with Crippen molar-refractivity contribution in [2.24, 2.45) is 11.1 Å². The smallest absolute Gasteiger partial charge is 0.240 e. The number of nitrogens with zero attached hydrogens (tertiary/aromatic N) is 3. The molecule has 0 aromatic rings. The second kappa shape index (κ2) is 12.7. The summed E-state index contributed by atoms with van der Waals surface area (Å²) in [6.07, 6.45) is 0.278. The van der Waals surface area contributed by atoms with Crippen molar-refractivity contribution in [2.45, 2.75) is 52.8 Å². The van der Waals surface area contributed by atoms with Gasteiger partial charge in [0, 0.05) is 51.9 Å². The number of hydrogen-bond acceptors (Lipinski definition) is 5. The van der Waals surface area contributed by atoms with Crippen molar-refractivity contribution >= 4 is 43.1 Å².